The SMILES string of the molecule is CCOc1cc(C(=O)N[C@H]2CCN(c3cc(-c4cccs4)[nH]n3)C2)cc(OCC)c1OCC. The van der Waals surface area contributed by atoms with Gasteiger partial charge in [-0.1, -0.05) is 6.07 Å². The molecule has 1 atom stereocenters. The molecule has 1 fully saturated rings. The Balaban J connectivity index is 1.45. The number of anilines is 1. The molecule has 3 aromatic rings. The topological polar surface area (TPSA) is 88.7 Å². The first kappa shape index (κ1) is 23.0. The average molecular weight is 471 g/mol. The lowest BCUT2D eigenvalue weighted by atomic mass is 10.1. The van der Waals surface area contributed by atoms with Crippen molar-refractivity contribution in [3.05, 3.63) is 41.3 Å². The van der Waals surface area contributed by atoms with Crippen molar-refractivity contribution in [2.75, 3.05) is 37.8 Å². The lowest BCUT2D eigenvalue weighted by molar-refractivity contribution is 0.0939. The molecule has 2 aromatic heterocycles. The Kier molecular flexibility index (Phi) is 7.39. The van der Waals surface area contributed by atoms with Crippen molar-refractivity contribution in [1.29, 1.82) is 0 Å². The van der Waals surface area contributed by atoms with Gasteiger partial charge in [0.25, 0.3) is 5.91 Å². The van der Waals surface area contributed by atoms with Gasteiger partial charge in [0, 0.05) is 30.8 Å². The second-order valence-corrected chi connectivity index (χ2v) is 8.57. The summed E-state index contributed by atoms with van der Waals surface area (Å²) in [6.07, 6.45) is 0.848. The Morgan fingerprint density at radius 2 is 1.88 bits per heavy atom. The van der Waals surface area contributed by atoms with Gasteiger partial charge in [0.1, 0.15) is 0 Å². The van der Waals surface area contributed by atoms with Crippen LogP contribution in [-0.2, 0) is 0 Å². The summed E-state index contributed by atoms with van der Waals surface area (Å²) in [7, 11) is 0. The van der Waals surface area contributed by atoms with E-state index >= 15 is 0 Å². The summed E-state index contributed by atoms with van der Waals surface area (Å²) in [4.78, 5) is 16.4. The van der Waals surface area contributed by atoms with Crippen molar-refractivity contribution in [1.82, 2.24) is 15.5 Å². The molecular weight excluding hydrogens is 440 g/mol. The smallest absolute Gasteiger partial charge is 0.251 e. The third-order valence-corrected chi connectivity index (χ3v) is 6.27. The fraction of sp³-hybridized carbons (Fsp3) is 0.417. The highest BCUT2D eigenvalue weighted by atomic mass is 32.1. The molecule has 0 aliphatic carbocycles. The molecule has 1 aromatic carbocycles. The number of nitrogens with zero attached hydrogens (tertiary/aromatic N) is 2. The summed E-state index contributed by atoms with van der Waals surface area (Å²) in [6.45, 7) is 8.64. The number of benzene rings is 1. The standard InChI is InChI=1S/C24H30N4O4S/c1-4-30-19-12-16(13-20(31-5-2)23(19)32-6-3)24(29)25-17-9-10-28(15-17)22-14-18(26-27-22)21-8-7-11-33-21/h7-8,11-14,17H,4-6,9-10,15H2,1-3H3,(H,25,29)(H,26,27)/t17-/m0/s1. The van der Waals surface area contributed by atoms with Crippen molar-refractivity contribution in [3.63, 3.8) is 0 Å². The van der Waals surface area contributed by atoms with Crippen LogP contribution in [0.1, 0.15) is 37.6 Å². The van der Waals surface area contributed by atoms with Crippen LogP contribution >= 0.6 is 11.3 Å². The Hall–Kier alpha value is -3.20. The Bertz CT molecular complexity index is 1040. The van der Waals surface area contributed by atoms with Gasteiger partial charge in [-0.3, -0.25) is 9.89 Å². The molecule has 176 valence electrons. The van der Waals surface area contributed by atoms with Gasteiger partial charge in [0.05, 0.1) is 30.4 Å². The predicted molar refractivity (Wildman–Crippen MR) is 130 cm³/mol. The van der Waals surface area contributed by atoms with Crippen LogP contribution in [0.3, 0.4) is 0 Å². The van der Waals surface area contributed by atoms with Gasteiger partial charge < -0.3 is 24.4 Å². The van der Waals surface area contributed by atoms with Gasteiger partial charge in [-0.2, -0.15) is 5.10 Å². The van der Waals surface area contributed by atoms with Crippen LogP contribution < -0.4 is 24.4 Å². The summed E-state index contributed by atoms with van der Waals surface area (Å²) in [5.41, 5.74) is 1.50. The van der Waals surface area contributed by atoms with Gasteiger partial charge in [0.15, 0.2) is 17.3 Å². The number of H-pyrrole nitrogens is 1. The van der Waals surface area contributed by atoms with Crippen LogP contribution in [0.4, 0.5) is 5.82 Å². The summed E-state index contributed by atoms with van der Waals surface area (Å²) in [5, 5.41) is 12.8. The second kappa shape index (κ2) is 10.6. The molecule has 1 saturated heterocycles. The Morgan fingerprint density at radius 3 is 2.52 bits per heavy atom. The highest BCUT2D eigenvalue weighted by molar-refractivity contribution is 7.13. The van der Waals surface area contributed by atoms with Gasteiger partial charge in [-0.05, 0) is 50.8 Å². The van der Waals surface area contributed by atoms with Crippen LogP contribution in [-0.4, -0.2) is 55.1 Å². The largest absolute Gasteiger partial charge is 0.490 e. The number of thiophene rings is 1. The molecule has 1 aliphatic heterocycles. The van der Waals surface area contributed by atoms with E-state index in [0.717, 1.165) is 29.4 Å². The molecule has 33 heavy (non-hydrogen) atoms. The molecule has 2 N–H and O–H groups in total. The van der Waals surface area contributed by atoms with Gasteiger partial charge in [-0.25, -0.2) is 0 Å². The first-order valence-corrected chi connectivity index (χ1v) is 12.2. The van der Waals surface area contributed by atoms with Crippen LogP contribution in [0.15, 0.2) is 35.7 Å². The number of aromatic amines is 1. The summed E-state index contributed by atoms with van der Waals surface area (Å²) in [6, 6.07) is 9.62. The van der Waals surface area contributed by atoms with E-state index in [1.54, 1.807) is 23.5 Å². The van der Waals surface area contributed by atoms with Crippen LogP contribution in [0, 0.1) is 0 Å². The summed E-state index contributed by atoms with van der Waals surface area (Å²) >= 11 is 1.68. The van der Waals surface area contributed by atoms with E-state index in [0.29, 0.717) is 49.2 Å². The van der Waals surface area contributed by atoms with Gasteiger partial charge in [0.2, 0.25) is 5.75 Å². The number of nitrogens with one attached hydrogen (secondary N) is 2. The maximum atomic E-state index is 13.1. The number of carbonyl (C=O) groups excluding carboxylic acids is 1. The van der Waals surface area contributed by atoms with Gasteiger partial charge in [-0.15, -0.1) is 11.3 Å². The highest BCUT2D eigenvalue weighted by Gasteiger charge is 2.27. The number of aromatic nitrogens is 2. The molecule has 3 heterocycles. The molecule has 0 bridgehead atoms. The minimum Gasteiger partial charge on any atom is -0.490 e. The van der Waals surface area contributed by atoms with E-state index in [2.05, 4.69) is 32.5 Å². The van der Waals surface area contributed by atoms with E-state index in [1.165, 1.54) is 0 Å². The third-order valence-electron chi connectivity index (χ3n) is 5.37. The molecule has 0 radical (unpaired) electrons. The van der Waals surface area contributed by atoms with E-state index < -0.39 is 0 Å². The van der Waals surface area contributed by atoms with Crippen LogP contribution in [0.25, 0.3) is 10.6 Å². The van der Waals surface area contributed by atoms with Gasteiger partial charge >= 0.3 is 0 Å². The van der Waals surface area contributed by atoms with E-state index in [-0.39, 0.29) is 11.9 Å². The number of carbonyl (C=O) groups is 1. The maximum absolute atomic E-state index is 13.1. The second-order valence-electron chi connectivity index (χ2n) is 7.62. The summed E-state index contributed by atoms with van der Waals surface area (Å²) in [5.74, 6) is 2.30. The minimum atomic E-state index is -0.159. The number of rotatable bonds is 10. The minimum absolute atomic E-state index is 0.0250. The lowest BCUT2D eigenvalue weighted by Crippen LogP contribution is -2.37. The van der Waals surface area contributed by atoms with Crippen molar-refractivity contribution < 1.29 is 19.0 Å². The monoisotopic (exact) mass is 470 g/mol. The Morgan fingerprint density at radius 1 is 1.15 bits per heavy atom. The predicted octanol–water partition coefficient (Wildman–Crippen LogP) is 4.34. The first-order valence-electron chi connectivity index (χ1n) is 11.3. The van der Waals surface area contributed by atoms with E-state index in [9.17, 15) is 4.79 Å². The number of amides is 1. The molecular formula is C24H30N4O4S. The molecule has 1 amide bonds. The maximum Gasteiger partial charge on any atom is 0.251 e. The van der Waals surface area contributed by atoms with Crippen molar-refractivity contribution in [3.8, 4) is 27.8 Å². The number of hydrogen-bond acceptors (Lipinski definition) is 7. The van der Waals surface area contributed by atoms with Crippen molar-refractivity contribution in [2.45, 2.75) is 33.2 Å². The fourth-order valence-electron chi connectivity index (χ4n) is 3.91. The van der Waals surface area contributed by atoms with Crippen LogP contribution in [0.2, 0.25) is 0 Å². The Labute approximate surface area is 197 Å². The average Bonchev–Trinajstić information content (AvgIpc) is 3.57. The molecule has 4 rings (SSSR count). The third kappa shape index (κ3) is 5.24. The molecule has 0 spiro atoms. The zero-order valence-corrected chi connectivity index (χ0v) is 20.0. The quantitative estimate of drug-likeness (QED) is 0.458. The molecule has 8 nitrogen and oxygen atoms in total. The van der Waals surface area contributed by atoms with Crippen LogP contribution in [0.5, 0.6) is 17.2 Å². The van der Waals surface area contributed by atoms with E-state index in [1.807, 2.05) is 32.2 Å². The number of hydrogen-bond donors (Lipinski definition) is 2. The highest BCUT2D eigenvalue weighted by Crippen LogP contribution is 2.39. The van der Waals surface area contributed by atoms with Crippen molar-refractivity contribution in [2.24, 2.45) is 0 Å². The lowest BCUT2D eigenvalue weighted by Gasteiger charge is -2.18. The first-order chi connectivity index (χ1) is 16.1. The molecule has 9 heteroatoms. The summed E-state index contributed by atoms with van der Waals surface area (Å²) < 4.78 is 17.2. The molecule has 0 saturated carbocycles. The number of ether oxygens (including phenoxy) is 3. The zero-order valence-electron chi connectivity index (χ0n) is 19.2. The molecule has 0 unspecified atom stereocenters. The fourth-order valence-corrected chi connectivity index (χ4v) is 4.60. The molecule has 1 aliphatic rings. The van der Waals surface area contributed by atoms with Crippen molar-refractivity contribution >= 4 is 23.1 Å². The zero-order chi connectivity index (χ0) is 23.2. The van der Waals surface area contributed by atoms with E-state index in [4.69, 9.17) is 14.2 Å². The normalized spacial score (nSPS) is 15.5.